The van der Waals surface area contributed by atoms with E-state index in [-0.39, 0.29) is 6.04 Å². The summed E-state index contributed by atoms with van der Waals surface area (Å²) in [6.07, 6.45) is 6.04. The monoisotopic (exact) mass is 245 g/mol. The molecule has 1 aromatic carbocycles. The maximum absolute atomic E-state index is 10.5. The maximum Gasteiger partial charge on any atom is 0.207 e. The molecule has 18 heavy (non-hydrogen) atoms. The molecule has 0 aliphatic carbocycles. The fraction of sp³-hybridized carbons (Fsp3) is 0.438. The Morgan fingerprint density at radius 3 is 2.72 bits per heavy atom. The first-order chi connectivity index (χ1) is 8.72. The molecule has 2 nitrogen and oxygen atoms in total. The molecule has 1 N–H and O–H groups in total. The fourth-order valence-corrected chi connectivity index (χ4v) is 2.21. The largest absolute Gasteiger partial charge is 0.356 e. The molecule has 98 valence electrons. The summed E-state index contributed by atoms with van der Waals surface area (Å²) in [5.74, 6) is 0. The number of rotatable bonds is 7. The molecule has 1 amide bonds. The Morgan fingerprint density at radius 2 is 2.11 bits per heavy atom. The van der Waals surface area contributed by atoms with Gasteiger partial charge in [-0.1, -0.05) is 43.7 Å². The highest BCUT2D eigenvalue weighted by atomic mass is 16.1. The molecule has 0 fully saturated rings. The highest BCUT2D eigenvalue weighted by molar-refractivity contribution is 5.68. The van der Waals surface area contributed by atoms with E-state index < -0.39 is 0 Å². The molecule has 0 heterocycles. The quantitative estimate of drug-likeness (QED) is 0.731. The number of allylic oxidation sites excluding steroid dienone is 1. The van der Waals surface area contributed by atoms with Crippen molar-refractivity contribution >= 4 is 12.0 Å². The van der Waals surface area contributed by atoms with Crippen molar-refractivity contribution in [3.63, 3.8) is 0 Å². The van der Waals surface area contributed by atoms with Gasteiger partial charge < -0.3 is 5.32 Å². The lowest BCUT2D eigenvalue weighted by Gasteiger charge is -2.16. The zero-order valence-corrected chi connectivity index (χ0v) is 11.6. The van der Waals surface area contributed by atoms with E-state index in [1.807, 2.05) is 6.92 Å². The SMILES string of the molecule is C/C=C(/CC(C)NC=O)c1ccccc1CCC. The van der Waals surface area contributed by atoms with E-state index in [1.165, 1.54) is 16.7 Å². The molecule has 0 aliphatic rings. The predicted octanol–water partition coefficient (Wildman–Crippen LogP) is 3.57. The van der Waals surface area contributed by atoms with Gasteiger partial charge in [-0.05, 0) is 43.4 Å². The number of aryl methyl sites for hydroxylation is 1. The summed E-state index contributed by atoms with van der Waals surface area (Å²) in [7, 11) is 0. The second-order valence-electron chi connectivity index (χ2n) is 4.61. The molecule has 1 rings (SSSR count). The average Bonchev–Trinajstić information content (AvgIpc) is 2.37. The summed E-state index contributed by atoms with van der Waals surface area (Å²) in [6.45, 7) is 6.29. The second-order valence-corrected chi connectivity index (χ2v) is 4.61. The highest BCUT2D eigenvalue weighted by Crippen LogP contribution is 2.24. The normalized spacial score (nSPS) is 13.2. The molecule has 0 bridgehead atoms. The summed E-state index contributed by atoms with van der Waals surface area (Å²) in [5.41, 5.74) is 4.02. The Kier molecular flexibility index (Phi) is 6.20. The van der Waals surface area contributed by atoms with Crippen molar-refractivity contribution in [2.24, 2.45) is 0 Å². The van der Waals surface area contributed by atoms with E-state index in [9.17, 15) is 4.79 Å². The number of benzene rings is 1. The molecule has 2 heteroatoms. The van der Waals surface area contributed by atoms with Gasteiger partial charge in [0.05, 0.1) is 0 Å². The molecule has 0 saturated carbocycles. The van der Waals surface area contributed by atoms with E-state index >= 15 is 0 Å². The van der Waals surface area contributed by atoms with Gasteiger partial charge in [0, 0.05) is 6.04 Å². The van der Waals surface area contributed by atoms with Crippen molar-refractivity contribution in [3.05, 3.63) is 41.5 Å². The van der Waals surface area contributed by atoms with E-state index in [0.717, 1.165) is 25.7 Å². The third-order valence-corrected chi connectivity index (χ3v) is 3.11. The van der Waals surface area contributed by atoms with Crippen LogP contribution in [0.3, 0.4) is 0 Å². The standard InChI is InChI=1S/C16H23NO/c1-4-8-15-9-6-7-10-16(15)14(5-2)11-13(3)17-12-18/h5-7,9-10,12-13H,4,8,11H2,1-3H3,(H,17,18)/b14-5-. The van der Waals surface area contributed by atoms with Crippen LogP contribution in [0.5, 0.6) is 0 Å². The van der Waals surface area contributed by atoms with Crippen LogP contribution in [0.2, 0.25) is 0 Å². The molecule has 0 aliphatic heterocycles. The van der Waals surface area contributed by atoms with Gasteiger partial charge >= 0.3 is 0 Å². The van der Waals surface area contributed by atoms with Gasteiger partial charge in [0.15, 0.2) is 0 Å². The maximum atomic E-state index is 10.5. The van der Waals surface area contributed by atoms with Gasteiger partial charge in [-0.25, -0.2) is 0 Å². The van der Waals surface area contributed by atoms with Crippen LogP contribution >= 0.6 is 0 Å². The average molecular weight is 245 g/mol. The Morgan fingerprint density at radius 1 is 1.39 bits per heavy atom. The summed E-state index contributed by atoms with van der Waals surface area (Å²) in [6, 6.07) is 8.71. The molecule has 0 aromatic heterocycles. The van der Waals surface area contributed by atoms with Gasteiger partial charge in [0.1, 0.15) is 0 Å². The third kappa shape index (κ3) is 4.02. The first-order valence-corrected chi connectivity index (χ1v) is 6.66. The number of nitrogens with one attached hydrogen (secondary N) is 1. The number of carbonyl (C=O) groups excluding carboxylic acids is 1. The van der Waals surface area contributed by atoms with Crippen LogP contribution in [0.4, 0.5) is 0 Å². The van der Waals surface area contributed by atoms with Gasteiger partial charge in [-0.2, -0.15) is 0 Å². The predicted molar refractivity (Wildman–Crippen MR) is 77.4 cm³/mol. The lowest BCUT2D eigenvalue weighted by Crippen LogP contribution is -2.24. The van der Waals surface area contributed by atoms with Crippen molar-refractivity contribution in [1.82, 2.24) is 5.32 Å². The zero-order valence-electron chi connectivity index (χ0n) is 11.6. The Balaban J connectivity index is 2.91. The molecule has 1 aromatic rings. The first kappa shape index (κ1) is 14.5. The van der Waals surface area contributed by atoms with E-state index in [4.69, 9.17) is 0 Å². The molecule has 0 spiro atoms. The second kappa shape index (κ2) is 7.70. The van der Waals surface area contributed by atoms with Crippen molar-refractivity contribution in [2.45, 2.75) is 46.1 Å². The molecular formula is C16H23NO. The van der Waals surface area contributed by atoms with Gasteiger partial charge in [-0.15, -0.1) is 0 Å². The van der Waals surface area contributed by atoms with E-state index in [1.54, 1.807) is 0 Å². The van der Waals surface area contributed by atoms with Crippen molar-refractivity contribution < 1.29 is 4.79 Å². The van der Waals surface area contributed by atoms with Gasteiger partial charge in [0.25, 0.3) is 0 Å². The van der Waals surface area contributed by atoms with Gasteiger partial charge in [0.2, 0.25) is 6.41 Å². The van der Waals surface area contributed by atoms with Crippen LogP contribution in [-0.4, -0.2) is 12.5 Å². The first-order valence-electron chi connectivity index (χ1n) is 6.66. The van der Waals surface area contributed by atoms with Crippen molar-refractivity contribution in [1.29, 1.82) is 0 Å². The van der Waals surface area contributed by atoms with Gasteiger partial charge in [-0.3, -0.25) is 4.79 Å². The van der Waals surface area contributed by atoms with E-state index in [0.29, 0.717) is 0 Å². The lowest BCUT2D eigenvalue weighted by molar-refractivity contribution is -0.110. The van der Waals surface area contributed by atoms with Crippen LogP contribution < -0.4 is 5.32 Å². The molecule has 1 unspecified atom stereocenters. The fourth-order valence-electron chi connectivity index (χ4n) is 2.21. The van der Waals surface area contributed by atoms with E-state index in [2.05, 4.69) is 49.5 Å². The summed E-state index contributed by atoms with van der Waals surface area (Å²) >= 11 is 0. The Hall–Kier alpha value is -1.57. The summed E-state index contributed by atoms with van der Waals surface area (Å²) in [4.78, 5) is 10.5. The minimum atomic E-state index is 0.170. The Bertz CT molecular complexity index is 409. The summed E-state index contributed by atoms with van der Waals surface area (Å²) < 4.78 is 0. The van der Waals surface area contributed by atoms with Crippen LogP contribution in [0, 0.1) is 0 Å². The smallest absolute Gasteiger partial charge is 0.207 e. The highest BCUT2D eigenvalue weighted by Gasteiger charge is 2.09. The number of amides is 1. The van der Waals surface area contributed by atoms with Crippen molar-refractivity contribution in [3.8, 4) is 0 Å². The lowest BCUT2D eigenvalue weighted by atomic mass is 9.93. The molecule has 0 radical (unpaired) electrons. The molecule has 0 saturated heterocycles. The summed E-state index contributed by atoms with van der Waals surface area (Å²) in [5, 5.41) is 2.81. The van der Waals surface area contributed by atoms with Crippen LogP contribution in [-0.2, 0) is 11.2 Å². The number of hydrogen-bond donors (Lipinski definition) is 1. The molecular weight excluding hydrogens is 222 g/mol. The zero-order chi connectivity index (χ0) is 13.4. The number of hydrogen-bond acceptors (Lipinski definition) is 1. The Labute approximate surface area is 110 Å². The number of carbonyl (C=O) groups is 1. The van der Waals surface area contributed by atoms with Crippen LogP contribution in [0.25, 0.3) is 5.57 Å². The van der Waals surface area contributed by atoms with Crippen LogP contribution in [0.15, 0.2) is 30.3 Å². The third-order valence-electron chi connectivity index (χ3n) is 3.11. The topological polar surface area (TPSA) is 29.1 Å². The van der Waals surface area contributed by atoms with Crippen molar-refractivity contribution in [2.75, 3.05) is 0 Å². The van der Waals surface area contributed by atoms with Crippen LogP contribution in [0.1, 0.15) is 44.7 Å². The minimum Gasteiger partial charge on any atom is -0.356 e. The molecule has 1 atom stereocenters. The minimum absolute atomic E-state index is 0.170.